The van der Waals surface area contributed by atoms with Crippen LogP contribution in [0.25, 0.3) is 0 Å². The molecule has 54 valence electrons. The van der Waals surface area contributed by atoms with Gasteiger partial charge in [0.25, 0.3) is 0 Å². The molecule has 1 aromatic rings. The summed E-state index contributed by atoms with van der Waals surface area (Å²) in [5.74, 6) is 4.39. The molecule has 0 saturated carbocycles. The predicted octanol–water partition coefficient (Wildman–Crippen LogP) is 3.55. The Balaban J connectivity index is 2.75. The van der Waals surface area contributed by atoms with E-state index in [0.717, 1.165) is 7.96 Å². The van der Waals surface area contributed by atoms with Crippen molar-refractivity contribution >= 4 is 46.6 Å². The molecule has 1 heterocycles. The zero-order valence-corrected chi connectivity index (χ0v) is 10.5. The molecule has 0 N–H and O–H groups in total. The Morgan fingerprint density at radius 1 is 1.40 bits per heavy atom. The summed E-state index contributed by atoms with van der Waals surface area (Å²) >= 11 is 0. The summed E-state index contributed by atoms with van der Waals surface area (Å²) in [7, 11) is 8.06. The van der Waals surface area contributed by atoms with Crippen LogP contribution in [0.15, 0.2) is 23.7 Å². The van der Waals surface area contributed by atoms with E-state index in [1.54, 1.807) is 0 Å². The van der Waals surface area contributed by atoms with E-state index < -0.39 is 0 Å². The fourth-order valence-corrected chi connectivity index (χ4v) is 4.78. The first kappa shape index (κ1) is 9.46. The van der Waals surface area contributed by atoms with Crippen molar-refractivity contribution in [3.8, 4) is 0 Å². The molecular weight excluding hydrogens is 215 g/mol. The van der Waals surface area contributed by atoms with Gasteiger partial charge in [-0.25, -0.2) is 0 Å². The summed E-state index contributed by atoms with van der Waals surface area (Å²) in [6.07, 6.45) is 0. The molecular formula is C5H9P5. The maximum atomic E-state index is 2.92. The van der Waals surface area contributed by atoms with Gasteiger partial charge in [0, 0.05) is 0 Å². The normalized spacial score (nSPS) is 14.2. The topological polar surface area (TPSA) is 0 Å². The van der Waals surface area contributed by atoms with E-state index in [1.807, 2.05) is 0 Å². The van der Waals surface area contributed by atoms with Gasteiger partial charge < -0.3 is 0 Å². The minimum absolute atomic E-state index is 0.0495. The van der Waals surface area contributed by atoms with E-state index in [0.29, 0.717) is 0 Å². The van der Waals surface area contributed by atoms with Crippen LogP contribution in [0.5, 0.6) is 0 Å². The predicted molar refractivity (Wildman–Crippen MR) is 63.2 cm³/mol. The van der Waals surface area contributed by atoms with E-state index in [2.05, 4.69) is 41.6 Å². The number of hydrogen-bond donors (Lipinski definition) is 0. The summed E-state index contributed by atoms with van der Waals surface area (Å²) in [4.78, 5) is 0. The molecule has 0 aliphatic rings. The monoisotopic (exact) mass is 224 g/mol. The SMILES string of the molecule is PPP(P)c1ccpcc1. The maximum absolute atomic E-state index is 2.92. The lowest BCUT2D eigenvalue weighted by Gasteiger charge is -2.06. The first-order valence-corrected chi connectivity index (χ1v) is 10.4. The summed E-state index contributed by atoms with van der Waals surface area (Å²) < 4.78 is 0. The van der Waals surface area contributed by atoms with Gasteiger partial charge in [0.15, 0.2) is 0 Å². The molecule has 0 bridgehead atoms. The molecule has 0 amide bonds. The van der Waals surface area contributed by atoms with Crippen molar-refractivity contribution in [3.63, 3.8) is 0 Å². The highest BCUT2D eigenvalue weighted by molar-refractivity contribution is 8.63. The molecule has 1 rings (SSSR count). The smallest absolute Gasteiger partial charge is 0.0151 e. The van der Waals surface area contributed by atoms with Crippen molar-refractivity contribution < 1.29 is 0 Å². The van der Waals surface area contributed by atoms with Crippen LogP contribution < -0.4 is 5.30 Å². The molecule has 0 radical (unpaired) electrons. The van der Waals surface area contributed by atoms with E-state index in [4.69, 9.17) is 0 Å². The summed E-state index contributed by atoms with van der Waals surface area (Å²) in [5.41, 5.74) is 0. The van der Waals surface area contributed by atoms with Gasteiger partial charge in [-0.15, -0.1) is 17.9 Å². The quantitative estimate of drug-likeness (QED) is 0.673. The second-order valence-electron chi connectivity index (χ2n) is 1.70. The van der Waals surface area contributed by atoms with Crippen LogP contribution >= 0.6 is 41.3 Å². The molecule has 0 nitrogen and oxygen atoms in total. The van der Waals surface area contributed by atoms with Crippen LogP contribution in [0.1, 0.15) is 0 Å². The minimum Gasteiger partial charge on any atom is -0.109 e. The highest BCUT2D eigenvalue weighted by Gasteiger charge is 1.98. The zero-order chi connectivity index (χ0) is 7.40. The molecule has 0 saturated heterocycles. The van der Waals surface area contributed by atoms with Crippen molar-refractivity contribution in [1.29, 1.82) is 0 Å². The number of hydrogen-bond acceptors (Lipinski definition) is 0. The Morgan fingerprint density at radius 3 is 2.50 bits per heavy atom. The molecule has 10 heavy (non-hydrogen) atoms. The fraction of sp³-hybridized carbons (Fsp3) is 0. The van der Waals surface area contributed by atoms with Gasteiger partial charge >= 0.3 is 0 Å². The van der Waals surface area contributed by atoms with Crippen LogP contribution in [0.2, 0.25) is 0 Å². The van der Waals surface area contributed by atoms with E-state index in [-0.39, 0.29) is 7.30 Å². The second kappa shape index (κ2) is 5.09. The molecule has 5 heteroatoms. The highest BCUT2D eigenvalue weighted by Crippen LogP contribution is 2.64. The van der Waals surface area contributed by atoms with Crippen LogP contribution in [-0.2, 0) is 0 Å². The first-order chi connectivity index (χ1) is 4.84. The van der Waals surface area contributed by atoms with Crippen LogP contribution in [0.3, 0.4) is 0 Å². The maximum Gasteiger partial charge on any atom is -0.0151 e. The van der Waals surface area contributed by atoms with Crippen LogP contribution in [0.4, 0.5) is 0 Å². The summed E-state index contributed by atoms with van der Waals surface area (Å²) in [5, 5.41) is 1.49. The molecule has 4 atom stereocenters. The van der Waals surface area contributed by atoms with Crippen molar-refractivity contribution in [2.45, 2.75) is 0 Å². The minimum atomic E-state index is 0.0495. The lowest BCUT2D eigenvalue weighted by atomic mass is 10.6. The van der Waals surface area contributed by atoms with E-state index in [9.17, 15) is 0 Å². The third-order valence-corrected chi connectivity index (χ3v) is 11.9. The van der Waals surface area contributed by atoms with Gasteiger partial charge in [0.1, 0.15) is 0 Å². The van der Waals surface area contributed by atoms with Crippen LogP contribution in [-0.4, -0.2) is 0 Å². The Kier molecular flexibility index (Phi) is 4.82. The molecule has 4 unspecified atom stereocenters. The lowest BCUT2D eigenvalue weighted by Crippen LogP contribution is -1.88. The molecule has 0 spiro atoms. The van der Waals surface area contributed by atoms with Gasteiger partial charge in [-0.05, 0) is 36.3 Å². The largest absolute Gasteiger partial charge is 0.109 e. The van der Waals surface area contributed by atoms with Gasteiger partial charge in [-0.1, -0.05) is 16.2 Å². The molecule has 0 aromatic carbocycles. The third-order valence-electron chi connectivity index (χ3n) is 1.08. The van der Waals surface area contributed by atoms with Gasteiger partial charge in [0.05, 0.1) is 0 Å². The van der Waals surface area contributed by atoms with Crippen molar-refractivity contribution in [3.05, 3.63) is 23.7 Å². The van der Waals surface area contributed by atoms with Gasteiger partial charge in [-0.3, -0.25) is 0 Å². The third kappa shape index (κ3) is 2.78. The lowest BCUT2D eigenvalue weighted by molar-refractivity contribution is 2.00. The Hall–Kier alpha value is 1.37. The molecule has 1 aromatic heterocycles. The van der Waals surface area contributed by atoms with Crippen molar-refractivity contribution in [1.82, 2.24) is 0 Å². The zero-order valence-electron chi connectivity index (χ0n) is 5.36. The molecule has 0 aliphatic heterocycles. The highest BCUT2D eigenvalue weighted by atomic mass is 32.6. The van der Waals surface area contributed by atoms with E-state index >= 15 is 0 Å². The van der Waals surface area contributed by atoms with Gasteiger partial charge in [-0.2, -0.15) is 0 Å². The van der Waals surface area contributed by atoms with Crippen molar-refractivity contribution in [2.75, 3.05) is 0 Å². The first-order valence-electron chi connectivity index (χ1n) is 2.75. The Labute approximate surface area is 70.7 Å². The fourth-order valence-electron chi connectivity index (χ4n) is 0.579. The molecule has 0 aliphatic carbocycles. The van der Waals surface area contributed by atoms with Crippen molar-refractivity contribution in [2.24, 2.45) is 0 Å². The standard InChI is InChI=1S/C5H9P5/c6-9-10(7)5-1-3-8-4-2-5/h1-4,9H,6-7H2. The van der Waals surface area contributed by atoms with Gasteiger partial charge in [0.2, 0.25) is 0 Å². The number of rotatable bonds is 2. The summed E-state index contributed by atoms with van der Waals surface area (Å²) in [6, 6.07) is 4.47. The van der Waals surface area contributed by atoms with Crippen LogP contribution in [0, 0.1) is 0 Å². The Bertz CT molecular complexity index is 186. The average molecular weight is 224 g/mol. The molecule has 0 fully saturated rings. The average Bonchev–Trinajstić information content (AvgIpc) is 2.05. The second-order valence-corrected chi connectivity index (χ2v) is 11.8. The Morgan fingerprint density at radius 2 is 2.00 bits per heavy atom. The summed E-state index contributed by atoms with van der Waals surface area (Å²) in [6.45, 7) is 0. The van der Waals surface area contributed by atoms with E-state index in [1.165, 1.54) is 13.5 Å².